The van der Waals surface area contributed by atoms with Crippen molar-refractivity contribution in [3.8, 4) is 5.75 Å². The number of hydrogen-bond donors (Lipinski definition) is 0. The molecule has 17 heavy (non-hydrogen) atoms. The van der Waals surface area contributed by atoms with E-state index in [0.29, 0.717) is 5.02 Å². The van der Waals surface area contributed by atoms with Gasteiger partial charge in [0.2, 0.25) is 0 Å². The standard InChI is InChI=1S/C13H9BrClNO/c14-10-2-1-3-12-9(10)6-13(17-12)11-5-4-8(15)7-16-11/h1-5,7,13H,6H2. The summed E-state index contributed by atoms with van der Waals surface area (Å²) in [6, 6.07) is 9.73. The summed E-state index contributed by atoms with van der Waals surface area (Å²) >= 11 is 9.36. The molecule has 4 heteroatoms. The van der Waals surface area contributed by atoms with Crippen LogP contribution in [0.25, 0.3) is 0 Å². The monoisotopic (exact) mass is 309 g/mol. The minimum absolute atomic E-state index is 0.0130. The molecule has 0 radical (unpaired) electrons. The first kappa shape index (κ1) is 11.1. The number of hydrogen-bond acceptors (Lipinski definition) is 2. The van der Waals surface area contributed by atoms with Gasteiger partial charge in [0.25, 0.3) is 0 Å². The molecular weight excluding hydrogens is 302 g/mol. The summed E-state index contributed by atoms with van der Waals surface area (Å²) in [5.74, 6) is 0.932. The van der Waals surface area contributed by atoms with Crippen molar-refractivity contribution in [1.82, 2.24) is 4.98 Å². The quantitative estimate of drug-likeness (QED) is 0.788. The minimum Gasteiger partial charge on any atom is -0.483 e. The van der Waals surface area contributed by atoms with Crippen LogP contribution in [0.3, 0.4) is 0 Å². The van der Waals surface area contributed by atoms with Crippen LogP contribution in [0.1, 0.15) is 17.4 Å². The van der Waals surface area contributed by atoms with E-state index in [4.69, 9.17) is 16.3 Å². The molecule has 2 aromatic rings. The SMILES string of the molecule is Clc1ccc(C2Cc3c(Br)cccc3O2)nc1. The molecule has 1 atom stereocenters. The third-order valence-electron chi connectivity index (χ3n) is 2.81. The fraction of sp³-hybridized carbons (Fsp3) is 0.154. The molecule has 3 rings (SSSR count). The normalized spacial score (nSPS) is 17.6. The first-order chi connectivity index (χ1) is 8.24. The summed E-state index contributed by atoms with van der Waals surface area (Å²) in [6.07, 6.45) is 2.48. The van der Waals surface area contributed by atoms with Crippen molar-refractivity contribution in [2.45, 2.75) is 12.5 Å². The maximum atomic E-state index is 5.88. The van der Waals surface area contributed by atoms with Crippen LogP contribution in [0.2, 0.25) is 5.02 Å². The third-order valence-corrected chi connectivity index (χ3v) is 3.78. The molecule has 1 aliphatic rings. The van der Waals surface area contributed by atoms with Gasteiger partial charge in [0, 0.05) is 22.7 Å². The first-order valence-corrected chi connectivity index (χ1v) is 6.46. The zero-order chi connectivity index (χ0) is 11.8. The molecule has 1 unspecified atom stereocenters. The predicted molar refractivity (Wildman–Crippen MR) is 70.5 cm³/mol. The Morgan fingerprint density at radius 1 is 1.29 bits per heavy atom. The number of pyridine rings is 1. The lowest BCUT2D eigenvalue weighted by Gasteiger charge is -2.09. The molecule has 1 aromatic heterocycles. The van der Waals surface area contributed by atoms with Gasteiger partial charge in [0.05, 0.1) is 10.7 Å². The average molecular weight is 311 g/mol. The number of aromatic nitrogens is 1. The Hall–Kier alpha value is -1.06. The van der Waals surface area contributed by atoms with Gasteiger partial charge in [-0.15, -0.1) is 0 Å². The summed E-state index contributed by atoms with van der Waals surface area (Å²) in [7, 11) is 0. The van der Waals surface area contributed by atoms with Gasteiger partial charge in [-0.25, -0.2) is 0 Å². The fourth-order valence-corrected chi connectivity index (χ4v) is 2.59. The van der Waals surface area contributed by atoms with Gasteiger partial charge >= 0.3 is 0 Å². The fourth-order valence-electron chi connectivity index (χ4n) is 1.97. The second-order valence-corrected chi connectivity index (χ2v) is 5.22. The highest BCUT2D eigenvalue weighted by atomic mass is 79.9. The average Bonchev–Trinajstić information content (AvgIpc) is 2.75. The van der Waals surface area contributed by atoms with Crippen molar-refractivity contribution in [3.63, 3.8) is 0 Å². The van der Waals surface area contributed by atoms with E-state index < -0.39 is 0 Å². The van der Waals surface area contributed by atoms with Crippen molar-refractivity contribution in [2.75, 3.05) is 0 Å². The van der Waals surface area contributed by atoms with Crippen molar-refractivity contribution < 1.29 is 4.74 Å². The van der Waals surface area contributed by atoms with Crippen molar-refractivity contribution in [2.24, 2.45) is 0 Å². The minimum atomic E-state index is -0.0130. The van der Waals surface area contributed by atoms with E-state index in [-0.39, 0.29) is 6.10 Å². The molecule has 0 saturated carbocycles. The smallest absolute Gasteiger partial charge is 0.145 e. The van der Waals surface area contributed by atoms with E-state index in [1.807, 2.05) is 30.3 Å². The van der Waals surface area contributed by atoms with E-state index in [9.17, 15) is 0 Å². The van der Waals surface area contributed by atoms with Crippen LogP contribution >= 0.6 is 27.5 Å². The van der Waals surface area contributed by atoms with Crippen molar-refractivity contribution in [3.05, 3.63) is 57.3 Å². The Balaban J connectivity index is 1.91. The summed E-state index contributed by atoms with van der Waals surface area (Å²) < 4.78 is 6.97. The van der Waals surface area contributed by atoms with Crippen molar-refractivity contribution >= 4 is 27.5 Å². The predicted octanol–water partition coefficient (Wildman–Crippen LogP) is 4.17. The van der Waals surface area contributed by atoms with E-state index in [0.717, 1.165) is 22.3 Å². The van der Waals surface area contributed by atoms with Gasteiger partial charge in [0.1, 0.15) is 11.9 Å². The number of benzene rings is 1. The molecule has 1 aromatic carbocycles. The molecule has 2 heterocycles. The van der Waals surface area contributed by atoms with Crippen molar-refractivity contribution in [1.29, 1.82) is 0 Å². The molecule has 0 fully saturated rings. The van der Waals surface area contributed by atoms with Gasteiger partial charge in [-0.05, 0) is 24.3 Å². The van der Waals surface area contributed by atoms with Gasteiger partial charge in [-0.1, -0.05) is 33.6 Å². The summed E-state index contributed by atoms with van der Waals surface area (Å²) in [5, 5.41) is 0.644. The lowest BCUT2D eigenvalue weighted by molar-refractivity contribution is 0.233. The largest absolute Gasteiger partial charge is 0.483 e. The third kappa shape index (κ3) is 2.05. The van der Waals surface area contributed by atoms with Gasteiger partial charge in [-0.2, -0.15) is 0 Å². The Kier molecular flexibility index (Phi) is 2.81. The summed E-state index contributed by atoms with van der Waals surface area (Å²) in [4.78, 5) is 4.30. The summed E-state index contributed by atoms with van der Waals surface area (Å²) in [6.45, 7) is 0. The van der Waals surface area contributed by atoms with Crippen LogP contribution in [-0.4, -0.2) is 4.98 Å². The molecule has 0 saturated heterocycles. The second kappa shape index (κ2) is 4.31. The highest BCUT2D eigenvalue weighted by Gasteiger charge is 2.26. The highest BCUT2D eigenvalue weighted by Crippen LogP contribution is 2.39. The lowest BCUT2D eigenvalue weighted by atomic mass is 10.1. The van der Waals surface area contributed by atoms with Gasteiger partial charge < -0.3 is 4.74 Å². The van der Waals surface area contributed by atoms with Gasteiger partial charge in [-0.3, -0.25) is 4.98 Å². The lowest BCUT2D eigenvalue weighted by Crippen LogP contribution is -2.05. The molecule has 2 nitrogen and oxygen atoms in total. The molecule has 86 valence electrons. The topological polar surface area (TPSA) is 22.1 Å². The van der Waals surface area contributed by atoms with Crippen LogP contribution in [0.4, 0.5) is 0 Å². The summed E-state index contributed by atoms with van der Waals surface area (Å²) in [5.41, 5.74) is 2.12. The first-order valence-electron chi connectivity index (χ1n) is 5.29. The van der Waals surface area contributed by atoms with Crippen LogP contribution < -0.4 is 4.74 Å². The Bertz CT molecular complexity index is 556. The molecule has 0 aliphatic carbocycles. The maximum Gasteiger partial charge on any atom is 0.145 e. The van der Waals surface area contributed by atoms with Crippen LogP contribution in [-0.2, 0) is 6.42 Å². The Morgan fingerprint density at radius 2 is 2.18 bits per heavy atom. The van der Waals surface area contributed by atoms with E-state index in [1.54, 1.807) is 6.20 Å². The number of rotatable bonds is 1. The number of nitrogens with zero attached hydrogens (tertiary/aromatic N) is 1. The maximum absolute atomic E-state index is 5.88. The van der Waals surface area contributed by atoms with Crippen LogP contribution in [0.15, 0.2) is 41.0 Å². The number of fused-ring (bicyclic) bond motifs is 1. The molecule has 0 spiro atoms. The Morgan fingerprint density at radius 3 is 2.88 bits per heavy atom. The zero-order valence-electron chi connectivity index (χ0n) is 8.86. The van der Waals surface area contributed by atoms with Crippen LogP contribution in [0.5, 0.6) is 5.75 Å². The van der Waals surface area contributed by atoms with Crippen LogP contribution in [0, 0.1) is 0 Å². The highest BCUT2D eigenvalue weighted by molar-refractivity contribution is 9.10. The number of ether oxygens (including phenoxy) is 1. The molecule has 0 bridgehead atoms. The zero-order valence-corrected chi connectivity index (χ0v) is 11.2. The van der Waals surface area contributed by atoms with E-state index in [1.165, 1.54) is 5.56 Å². The number of halogens is 2. The Labute approximate surface area is 113 Å². The van der Waals surface area contributed by atoms with E-state index >= 15 is 0 Å². The van der Waals surface area contributed by atoms with Gasteiger partial charge in [0.15, 0.2) is 0 Å². The molecule has 0 N–H and O–H groups in total. The molecular formula is C13H9BrClNO. The molecule has 0 amide bonds. The second-order valence-electron chi connectivity index (χ2n) is 3.93. The van der Waals surface area contributed by atoms with E-state index in [2.05, 4.69) is 20.9 Å². The molecule has 1 aliphatic heterocycles.